The third-order valence-electron chi connectivity index (χ3n) is 5.82. The molecule has 0 radical (unpaired) electrons. The summed E-state index contributed by atoms with van der Waals surface area (Å²) in [6, 6.07) is 8.38. The molecule has 1 saturated carbocycles. The zero-order chi connectivity index (χ0) is 19.6. The average molecular weight is 386 g/mol. The number of Topliss-reactive ketones (excluding diaryl/α,β-unsaturated/α-hetero) is 1. The topological polar surface area (TPSA) is 39.1 Å². The summed E-state index contributed by atoms with van der Waals surface area (Å²) in [5.41, 5.74) is 3.34. The molecule has 1 aliphatic rings. The molecule has 1 heterocycles. The van der Waals surface area contributed by atoms with Crippen LogP contribution in [0.15, 0.2) is 29.1 Å². The van der Waals surface area contributed by atoms with E-state index in [1.165, 1.54) is 29.1 Å². The molecule has 1 aromatic heterocycles. The van der Waals surface area contributed by atoms with E-state index >= 15 is 0 Å². The van der Waals surface area contributed by atoms with Crippen LogP contribution in [-0.4, -0.2) is 10.4 Å². The molecular formula is C23H31NO2S. The predicted molar refractivity (Wildman–Crippen MR) is 113 cm³/mol. The van der Waals surface area contributed by atoms with E-state index in [0.29, 0.717) is 18.4 Å². The number of ketones is 1. The summed E-state index contributed by atoms with van der Waals surface area (Å²) in [5.74, 6) is 1.35. The smallest absolute Gasteiger partial charge is 0.299 e. The van der Waals surface area contributed by atoms with Gasteiger partial charge in [0.15, 0.2) is 0 Å². The second-order valence-electron chi connectivity index (χ2n) is 8.44. The fourth-order valence-electron chi connectivity index (χ4n) is 4.41. The van der Waals surface area contributed by atoms with Gasteiger partial charge in [-0.25, -0.2) is 0 Å². The predicted octanol–water partition coefficient (Wildman–Crippen LogP) is 5.33. The maximum absolute atomic E-state index is 12.4. The minimum absolute atomic E-state index is 0.0322. The molecule has 0 bridgehead atoms. The molecule has 0 N–H and O–H groups in total. The molecular weight excluding hydrogens is 354 g/mol. The standard InChI is InChI=1S/C23H31NO2S/c1-15(2)13-21-16(3)24(23(26)27-21)14-18-9-11-20(12-10-18)22(17(4)25)19-7-5-6-8-19/h9-12,15,19,22H,5-8,13-14H2,1-4H3. The van der Waals surface area contributed by atoms with Crippen molar-refractivity contribution in [3.05, 3.63) is 55.6 Å². The first-order chi connectivity index (χ1) is 12.9. The van der Waals surface area contributed by atoms with Crippen LogP contribution in [0.5, 0.6) is 0 Å². The van der Waals surface area contributed by atoms with Crippen molar-refractivity contribution in [2.45, 2.75) is 72.3 Å². The van der Waals surface area contributed by atoms with Crippen LogP contribution >= 0.6 is 11.3 Å². The van der Waals surface area contributed by atoms with Crippen molar-refractivity contribution in [3.63, 3.8) is 0 Å². The van der Waals surface area contributed by atoms with Crippen LogP contribution < -0.4 is 4.87 Å². The highest BCUT2D eigenvalue weighted by molar-refractivity contribution is 7.09. The van der Waals surface area contributed by atoms with Crippen LogP contribution in [0.2, 0.25) is 0 Å². The SMILES string of the molecule is CC(=O)C(c1ccc(Cn2c(C)c(CC(C)C)sc2=O)cc1)C1CCCC1. The monoisotopic (exact) mass is 385 g/mol. The van der Waals surface area contributed by atoms with Crippen molar-refractivity contribution < 1.29 is 4.79 Å². The molecule has 3 rings (SSSR count). The Hall–Kier alpha value is -1.68. The lowest BCUT2D eigenvalue weighted by Gasteiger charge is -2.21. The molecule has 1 fully saturated rings. The normalized spacial score (nSPS) is 16.2. The second kappa shape index (κ2) is 8.55. The number of thiazole rings is 1. The summed E-state index contributed by atoms with van der Waals surface area (Å²) in [6.45, 7) is 8.75. The Balaban J connectivity index is 1.79. The lowest BCUT2D eigenvalue weighted by Crippen LogP contribution is -2.18. The summed E-state index contributed by atoms with van der Waals surface area (Å²) >= 11 is 1.38. The number of rotatable bonds is 7. The summed E-state index contributed by atoms with van der Waals surface area (Å²) in [5, 5.41) is 0. The van der Waals surface area contributed by atoms with E-state index in [1.807, 2.05) is 4.57 Å². The Morgan fingerprint density at radius 1 is 1.19 bits per heavy atom. The lowest BCUT2D eigenvalue weighted by atomic mass is 9.82. The molecule has 0 aliphatic heterocycles. The molecule has 0 amide bonds. The third kappa shape index (κ3) is 4.60. The molecule has 4 heteroatoms. The first-order valence-corrected chi connectivity index (χ1v) is 11.0. The zero-order valence-corrected chi connectivity index (χ0v) is 17.8. The molecule has 1 aliphatic carbocycles. The van der Waals surface area contributed by atoms with Crippen LogP contribution in [0.25, 0.3) is 0 Å². The summed E-state index contributed by atoms with van der Waals surface area (Å²) in [6.07, 6.45) is 5.76. The maximum atomic E-state index is 12.4. The van der Waals surface area contributed by atoms with Crippen LogP contribution in [-0.2, 0) is 17.8 Å². The van der Waals surface area contributed by atoms with E-state index in [1.54, 1.807) is 6.92 Å². The largest absolute Gasteiger partial charge is 0.307 e. The number of hydrogen-bond acceptors (Lipinski definition) is 3. The van der Waals surface area contributed by atoms with Gasteiger partial charge in [0.05, 0.1) is 6.54 Å². The van der Waals surface area contributed by atoms with E-state index in [4.69, 9.17) is 0 Å². The van der Waals surface area contributed by atoms with E-state index in [2.05, 4.69) is 45.0 Å². The van der Waals surface area contributed by atoms with Crippen molar-refractivity contribution in [2.75, 3.05) is 0 Å². The lowest BCUT2D eigenvalue weighted by molar-refractivity contribution is -0.119. The molecule has 1 atom stereocenters. The number of nitrogens with zero attached hydrogens (tertiary/aromatic N) is 1. The summed E-state index contributed by atoms with van der Waals surface area (Å²) in [4.78, 5) is 26.0. The van der Waals surface area contributed by atoms with Crippen LogP contribution in [0.1, 0.15) is 74.1 Å². The van der Waals surface area contributed by atoms with Crippen molar-refractivity contribution in [2.24, 2.45) is 11.8 Å². The first-order valence-electron chi connectivity index (χ1n) is 10.1. The van der Waals surface area contributed by atoms with Gasteiger partial charge in [0.1, 0.15) is 5.78 Å². The van der Waals surface area contributed by atoms with Crippen molar-refractivity contribution in [1.29, 1.82) is 0 Å². The number of carbonyl (C=O) groups is 1. The number of aromatic nitrogens is 1. The molecule has 27 heavy (non-hydrogen) atoms. The minimum atomic E-state index is 0.0322. The van der Waals surface area contributed by atoms with Gasteiger partial charge in [0.25, 0.3) is 0 Å². The minimum Gasteiger partial charge on any atom is -0.299 e. The summed E-state index contributed by atoms with van der Waals surface area (Å²) < 4.78 is 1.89. The fourth-order valence-corrected chi connectivity index (χ4v) is 5.60. The van der Waals surface area contributed by atoms with Gasteiger partial charge in [0.2, 0.25) is 0 Å². The van der Waals surface area contributed by atoms with Gasteiger partial charge < -0.3 is 0 Å². The maximum Gasteiger partial charge on any atom is 0.307 e. The zero-order valence-electron chi connectivity index (χ0n) is 17.0. The molecule has 1 aromatic carbocycles. The average Bonchev–Trinajstić information content (AvgIpc) is 3.20. The number of hydrogen-bond donors (Lipinski definition) is 0. The number of benzene rings is 1. The Morgan fingerprint density at radius 2 is 1.81 bits per heavy atom. The van der Waals surface area contributed by atoms with Gasteiger partial charge in [-0.05, 0) is 56.1 Å². The van der Waals surface area contributed by atoms with Gasteiger partial charge in [0, 0.05) is 16.5 Å². The molecule has 2 aromatic rings. The van der Waals surface area contributed by atoms with Crippen molar-refractivity contribution >= 4 is 17.1 Å². The Kier molecular flexibility index (Phi) is 6.36. The molecule has 1 unspecified atom stereocenters. The second-order valence-corrected chi connectivity index (χ2v) is 9.48. The van der Waals surface area contributed by atoms with Crippen molar-refractivity contribution in [1.82, 2.24) is 4.57 Å². The van der Waals surface area contributed by atoms with Crippen LogP contribution in [0, 0.1) is 18.8 Å². The Labute approximate surface area is 166 Å². The van der Waals surface area contributed by atoms with Crippen LogP contribution in [0.4, 0.5) is 0 Å². The summed E-state index contributed by atoms with van der Waals surface area (Å²) in [7, 11) is 0. The highest BCUT2D eigenvalue weighted by Gasteiger charge is 2.29. The Morgan fingerprint density at radius 3 is 2.37 bits per heavy atom. The quantitative estimate of drug-likeness (QED) is 0.646. The first kappa shape index (κ1) is 20.1. The molecule has 0 spiro atoms. The van der Waals surface area contributed by atoms with E-state index in [9.17, 15) is 9.59 Å². The van der Waals surface area contributed by atoms with E-state index in [-0.39, 0.29) is 16.6 Å². The van der Waals surface area contributed by atoms with Crippen molar-refractivity contribution in [3.8, 4) is 0 Å². The van der Waals surface area contributed by atoms with Gasteiger partial charge in [-0.3, -0.25) is 14.2 Å². The van der Waals surface area contributed by atoms with E-state index < -0.39 is 0 Å². The fraction of sp³-hybridized carbons (Fsp3) is 0.565. The molecule has 0 saturated heterocycles. The highest BCUT2D eigenvalue weighted by Crippen LogP contribution is 2.38. The Bertz CT molecular complexity index is 838. The number of carbonyl (C=O) groups excluding carboxylic acids is 1. The highest BCUT2D eigenvalue weighted by atomic mass is 32.1. The van der Waals surface area contributed by atoms with Gasteiger partial charge >= 0.3 is 4.87 Å². The van der Waals surface area contributed by atoms with Gasteiger partial charge in [-0.15, -0.1) is 0 Å². The van der Waals surface area contributed by atoms with Gasteiger partial charge in [-0.1, -0.05) is 62.3 Å². The van der Waals surface area contributed by atoms with Gasteiger partial charge in [-0.2, -0.15) is 0 Å². The molecule has 146 valence electrons. The van der Waals surface area contributed by atoms with E-state index in [0.717, 1.165) is 36.1 Å². The van der Waals surface area contributed by atoms with Crippen LogP contribution in [0.3, 0.4) is 0 Å². The molecule has 3 nitrogen and oxygen atoms in total. The third-order valence-corrected chi connectivity index (χ3v) is 6.93.